The van der Waals surface area contributed by atoms with Crippen LogP contribution in [-0.2, 0) is 13.1 Å². The summed E-state index contributed by atoms with van der Waals surface area (Å²) >= 11 is 3.54. The highest BCUT2D eigenvalue weighted by Gasteiger charge is 2.08. The first-order chi connectivity index (χ1) is 8.11. The molecule has 0 spiro atoms. The van der Waals surface area contributed by atoms with Crippen molar-refractivity contribution >= 4 is 15.9 Å². The minimum atomic E-state index is 0.589. The van der Waals surface area contributed by atoms with Gasteiger partial charge >= 0.3 is 0 Å². The quantitative estimate of drug-likeness (QED) is 0.946. The monoisotopic (exact) mass is 293 g/mol. The Hall–Kier alpha value is -1.13. The van der Waals surface area contributed by atoms with Gasteiger partial charge < -0.3 is 5.73 Å². The number of halogens is 1. The van der Waals surface area contributed by atoms with Gasteiger partial charge in [-0.15, -0.1) is 0 Å². The van der Waals surface area contributed by atoms with E-state index in [4.69, 9.17) is 5.73 Å². The van der Waals surface area contributed by atoms with Crippen molar-refractivity contribution in [2.75, 3.05) is 0 Å². The van der Waals surface area contributed by atoms with Crippen molar-refractivity contribution in [1.29, 1.82) is 0 Å². The molecule has 1 aromatic carbocycles. The fourth-order valence-corrected chi connectivity index (χ4v) is 2.07. The van der Waals surface area contributed by atoms with Gasteiger partial charge in [0.05, 0.1) is 22.4 Å². The number of hydrogen-bond acceptors (Lipinski definition) is 2. The van der Waals surface area contributed by atoms with Crippen molar-refractivity contribution in [2.24, 2.45) is 5.73 Å². The zero-order chi connectivity index (χ0) is 12.4. The molecule has 4 heteroatoms. The third kappa shape index (κ3) is 2.58. The lowest BCUT2D eigenvalue weighted by Gasteiger charge is -2.05. The number of benzene rings is 1. The Kier molecular flexibility index (Phi) is 3.64. The van der Waals surface area contributed by atoms with E-state index in [0.717, 1.165) is 28.0 Å². The Balaban J connectivity index is 2.22. The molecular formula is C13H16BrN3. The van der Waals surface area contributed by atoms with Crippen LogP contribution in [0.15, 0.2) is 28.7 Å². The van der Waals surface area contributed by atoms with E-state index < -0.39 is 0 Å². The molecule has 2 N–H and O–H groups in total. The van der Waals surface area contributed by atoms with Crippen LogP contribution in [0.3, 0.4) is 0 Å². The maximum atomic E-state index is 5.58. The van der Waals surface area contributed by atoms with Gasteiger partial charge in [0, 0.05) is 6.54 Å². The van der Waals surface area contributed by atoms with E-state index in [2.05, 4.69) is 52.2 Å². The Morgan fingerprint density at radius 3 is 2.24 bits per heavy atom. The topological polar surface area (TPSA) is 43.8 Å². The standard InChI is InChI=1S/C13H16BrN3/c1-9-13(14)10(2)17(16-9)8-12-5-3-11(7-15)4-6-12/h3-6H,7-8,15H2,1-2H3. The van der Waals surface area contributed by atoms with Gasteiger partial charge in [-0.3, -0.25) is 4.68 Å². The summed E-state index contributed by atoms with van der Waals surface area (Å²) in [4.78, 5) is 0. The SMILES string of the molecule is Cc1nn(Cc2ccc(CN)cc2)c(C)c1Br. The normalized spacial score (nSPS) is 10.8. The molecule has 0 unspecified atom stereocenters. The summed E-state index contributed by atoms with van der Waals surface area (Å²) in [6.45, 7) is 5.46. The predicted molar refractivity (Wildman–Crippen MR) is 72.8 cm³/mol. The van der Waals surface area contributed by atoms with Gasteiger partial charge in [0.15, 0.2) is 0 Å². The number of hydrogen-bond donors (Lipinski definition) is 1. The average Bonchev–Trinajstić information content (AvgIpc) is 2.58. The zero-order valence-electron chi connectivity index (χ0n) is 10.1. The van der Waals surface area contributed by atoms with Gasteiger partial charge in [0.25, 0.3) is 0 Å². The third-order valence-electron chi connectivity index (χ3n) is 2.88. The highest BCUT2D eigenvalue weighted by atomic mass is 79.9. The lowest BCUT2D eigenvalue weighted by atomic mass is 10.1. The molecular weight excluding hydrogens is 278 g/mol. The second kappa shape index (κ2) is 5.02. The van der Waals surface area contributed by atoms with Crippen molar-refractivity contribution in [3.8, 4) is 0 Å². The maximum Gasteiger partial charge on any atom is 0.0738 e. The Morgan fingerprint density at radius 2 is 1.76 bits per heavy atom. The van der Waals surface area contributed by atoms with Crippen molar-refractivity contribution < 1.29 is 0 Å². The van der Waals surface area contributed by atoms with Gasteiger partial charge in [-0.2, -0.15) is 5.10 Å². The summed E-state index contributed by atoms with van der Waals surface area (Å²) in [5, 5.41) is 4.49. The minimum absolute atomic E-state index is 0.589. The highest BCUT2D eigenvalue weighted by molar-refractivity contribution is 9.10. The van der Waals surface area contributed by atoms with Crippen LogP contribution >= 0.6 is 15.9 Å². The van der Waals surface area contributed by atoms with E-state index in [1.54, 1.807) is 0 Å². The minimum Gasteiger partial charge on any atom is -0.326 e. The predicted octanol–water partition coefficient (Wildman–Crippen LogP) is 2.77. The first-order valence-corrected chi connectivity index (χ1v) is 6.38. The molecule has 0 saturated heterocycles. The summed E-state index contributed by atoms with van der Waals surface area (Å²) in [6.07, 6.45) is 0. The molecule has 0 fully saturated rings. The molecule has 0 aliphatic carbocycles. The van der Waals surface area contributed by atoms with Gasteiger partial charge in [-0.05, 0) is 40.9 Å². The summed E-state index contributed by atoms with van der Waals surface area (Å²) in [5.74, 6) is 0. The third-order valence-corrected chi connectivity index (χ3v) is 4.03. The fourth-order valence-electron chi connectivity index (χ4n) is 1.78. The van der Waals surface area contributed by atoms with Gasteiger partial charge in [0.2, 0.25) is 0 Å². The number of aromatic nitrogens is 2. The number of aryl methyl sites for hydroxylation is 1. The van der Waals surface area contributed by atoms with Crippen LogP contribution in [0.2, 0.25) is 0 Å². The number of rotatable bonds is 3. The van der Waals surface area contributed by atoms with E-state index >= 15 is 0 Å². The molecule has 1 heterocycles. The number of nitrogens with two attached hydrogens (primary N) is 1. The van der Waals surface area contributed by atoms with E-state index in [-0.39, 0.29) is 0 Å². The van der Waals surface area contributed by atoms with E-state index in [9.17, 15) is 0 Å². The molecule has 0 saturated carbocycles. The van der Waals surface area contributed by atoms with E-state index in [1.807, 2.05) is 11.6 Å². The molecule has 0 aliphatic rings. The second-order valence-electron chi connectivity index (χ2n) is 4.16. The first-order valence-electron chi connectivity index (χ1n) is 5.59. The fraction of sp³-hybridized carbons (Fsp3) is 0.308. The lowest BCUT2D eigenvalue weighted by molar-refractivity contribution is 0.658. The molecule has 0 radical (unpaired) electrons. The lowest BCUT2D eigenvalue weighted by Crippen LogP contribution is -2.04. The molecule has 3 nitrogen and oxygen atoms in total. The van der Waals surface area contributed by atoms with Gasteiger partial charge in [-0.1, -0.05) is 24.3 Å². The van der Waals surface area contributed by atoms with Crippen molar-refractivity contribution in [1.82, 2.24) is 9.78 Å². The van der Waals surface area contributed by atoms with Crippen LogP contribution in [0.25, 0.3) is 0 Å². The van der Waals surface area contributed by atoms with Crippen molar-refractivity contribution in [2.45, 2.75) is 26.9 Å². The second-order valence-corrected chi connectivity index (χ2v) is 4.96. The van der Waals surface area contributed by atoms with Crippen molar-refractivity contribution in [3.63, 3.8) is 0 Å². The Labute approximate surface area is 110 Å². The largest absolute Gasteiger partial charge is 0.326 e. The highest BCUT2D eigenvalue weighted by Crippen LogP contribution is 2.20. The van der Waals surface area contributed by atoms with Crippen LogP contribution in [0.1, 0.15) is 22.5 Å². The molecule has 1 aromatic heterocycles. The maximum absolute atomic E-state index is 5.58. The zero-order valence-corrected chi connectivity index (χ0v) is 11.7. The van der Waals surface area contributed by atoms with Crippen LogP contribution in [0, 0.1) is 13.8 Å². The number of nitrogens with zero attached hydrogens (tertiary/aromatic N) is 2. The van der Waals surface area contributed by atoms with Crippen LogP contribution < -0.4 is 5.73 Å². The summed E-state index contributed by atoms with van der Waals surface area (Å²) in [6, 6.07) is 8.34. The molecule has 0 amide bonds. The average molecular weight is 294 g/mol. The molecule has 17 heavy (non-hydrogen) atoms. The van der Waals surface area contributed by atoms with Gasteiger partial charge in [-0.25, -0.2) is 0 Å². The molecule has 2 aromatic rings. The summed E-state index contributed by atoms with van der Waals surface area (Å²) in [5.41, 5.74) is 10.2. The Morgan fingerprint density at radius 1 is 1.18 bits per heavy atom. The van der Waals surface area contributed by atoms with Crippen LogP contribution in [0.4, 0.5) is 0 Å². The smallest absolute Gasteiger partial charge is 0.0738 e. The van der Waals surface area contributed by atoms with E-state index in [0.29, 0.717) is 6.54 Å². The molecule has 0 aliphatic heterocycles. The molecule has 0 bridgehead atoms. The molecule has 90 valence electrons. The van der Waals surface area contributed by atoms with Crippen LogP contribution in [-0.4, -0.2) is 9.78 Å². The Bertz CT molecular complexity index is 514. The van der Waals surface area contributed by atoms with Gasteiger partial charge in [0.1, 0.15) is 0 Å². The van der Waals surface area contributed by atoms with E-state index in [1.165, 1.54) is 5.56 Å². The first kappa shape index (κ1) is 12.3. The summed E-state index contributed by atoms with van der Waals surface area (Å²) in [7, 11) is 0. The molecule has 0 atom stereocenters. The molecule has 2 rings (SSSR count). The van der Waals surface area contributed by atoms with Crippen LogP contribution in [0.5, 0.6) is 0 Å². The summed E-state index contributed by atoms with van der Waals surface area (Å²) < 4.78 is 3.10. The van der Waals surface area contributed by atoms with Crippen molar-refractivity contribution in [3.05, 3.63) is 51.3 Å².